The number of nitrogens with zero attached hydrogens (tertiary/aromatic N) is 1. The van der Waals surface area contributed by atoms with Crippen LogP contribution in [0.25, 0.3) is 0 Å². The quantitative estimate of drug-likeness (QED) is 0.668. The number of benzene rings is 2. The predicted octanol–water partition coefficient (Wildman–Crippen LogP) is 4.03. The van der Waals surface area contributed by atoms with Crippen LogP contribution in [0.15, 0.2) is 77.5 Å². The van der Waals surface area contributed by atoms with E-state index in [1.165, 1.54) is 0 Å². The summed E-state index contributed by atoms with van der Waals surface area (Å²) in [5.41, 5.74) is 2.67. The van der Waals surface area contributed by atoms with Gasteiger partial charge in [0.25, 0.3) is 11.8 Å². The van der Waals surface area contributed by atoms with E-state index in [0.29, 0.717) is 23.4 Å². The number of hydrogen-bond donors (Lipinski definition) is 2. The Hall–Kier alpha value is -2.99. The Morgan fingerprint density at radius 3 is 2.46 bits per heavy atom. The van der Waals surface area contributed by atoms with Crippen molar-refractivity contribution < 1.29 is 9.59 Å². The minimum absolute atomic E-state index is 0.163. The van der Waals surface area contributed by atoms with Crippen molar-refractivity contribution in [2.24, 2.45) is 0 Å². The van der Waals surface area contributed by atoms with Crippen molar-refractivity contribution in [3.63, 3.8) is 0 Å². The number of carbonyl (C=O) groups is 2. The third-order valence-corrected chi connectivity index (χ3v) is 4.39. The van der Waals surface area contributed by atoms with Gasteiger partial charge in [-0.1, -0.05) is 24.3 Å². The molecule has 2 aromatic carbocycles. The fraction of sp³-hybridized carbons (Fsp3) is 0.0500. The fourth-order valence-electron chi connectivity index (χ4n) is 2.39. The Bertz CT molecular complexity index is 929. The highest BCUT2D eigenvalue weighted by atomic mass is 79.9. The van der Waals surface area contributed by atoms with Crippen molar-refractivity contribution in [2.75, 3.05) is 5.32 Å². The summed E-state index contributed by atoms with van der Waals surface area (Å²) in [5.74, 6) is -0.370. The van der Waals surface area contributed by atoms with Gasteiger partial charge in [0.15, 0.2) is 0 Å². The van der Waals surface area contributed by atoms with E-state index < -0.39 is 0 Å². The van der Waals surface area contributed by atoms with Crippen LogP contribution in [-0.2, 0) is 6.54 Å². The Labute approximate surface area is 159 Å². The number of rotatable bonds is 5. The molecule has 130 valence electrons. The molecule has 0 aliphatic carbocycles. The largest absolute Gasteiger partial charge is 0.348 e. The third-order valence-electron chi connectivity index (χ3n) is 3.70. The minimum atomic E-state index is -0.207. The van der Waals surface area contributed by atoms with Gasteiger partial charge < -0.3 is 10.6 Å². The summed E-state index contributed by atoms with van der Waals surface area (Å²) in [7, 11) is 0. The van der Waals surface area contributed by atoms with E-state index in [-0.39, 0.29) is 11.8 Å². The van der Waals surface area contributed by atoms with Crippen molar-refractivity contribution in [3.8, 4) is 0 Å². The molecule has 0 unspecified atom stereocenters. The molecule has 0 spiro atoms. The highest BCUT2D eigenvalue weighted by Gasteiger charge is 2.09. The lowest BCUT2D eigenvalue weighted by Gasteiger charge is -2.09. The van der Waals surface area contributed by atoms with Gasteiger partial charge >= 0.3 is 0 Å². The molecule has 5 nitrogen and oxygen atoms in total. The molecule has 0 saturated carbocycles. The first-order valence-electron chi connectivity index (χ1n) is 7.96. The van der Waals surface area contributed by atoms with E-state index in [1.807, 2.05) is 36.4 Å². The maximum absolute atomic E-state index is 12.3. The van der Waals surface area contributed by atoms with Gasteiger partial charge in [-0.25, -0.2) is 0 Å². The summed E-state index contributed by atoms with van der Waals surface area (Å²) in [6, 6.07) is 17.9. The normalized spacial score (nSPS) is 10.2. The van der Waals surface area contributed by atoms with Gasteiger partial charge in [-0.15, -0.1) is 0 Å². The van der Waals surface area contributed by atoms with Crippen molar-refractivity contribution in [1.29, 1.82) is 0 Å². The molecule has 26 heavy (non-hydrogen) atoms. The van der Waals surface area contributed by atoms with E-state index in [4.69, 9.17) is 0 Å². The second kappa shape index (κ2) is 8.40. The van der Waals surface area contributed by atoms with Crippen LogP contribution in [0.4, 0.5) is 5.69 Å². The SMILES string of the molecule is O=C(Nc1cccc(CNC(=O)c2ccccc2Br)c1)c1ccncc1. The Morgan fingerprint density at radius 2 is 1.69 bits per heavy atom. The number of aromatic nitrogens is 1. The number of carbonyl (C=O) groups excluding carboxylic acids is 2. The number of hydrogen-bond acceptors (Lipinski definition) is 3. The molecule has 1 heterocycles. The van der Waals surface area contributed by atoms with E-state index >= 15 is 0 Å². The molecule has 3 aromatic rings. The second-order valence-electron chi connectivity index (χ2n) is 5.55. The summed E-state index contributed by atoms with van der Waals surface area (Å²) in [4.78, 5) is 28.4. The van der Waals surface area contributed by atoms with Gasteiger partial charge in [-0.05, 0) is 57.9 Å². The zero-order valence-electron chi connectivity index (χ0n) is 13.8. The lowest BCUT2D eigenvalue weighted by Crippen LogP contribution is -2.23. The monoisotopic (exact) mass is 409 g/mol. The maximum Gasteiger partial charge on any atom is 0.255 e. The van der Waals surface area contributed by atoms with Gasteiger partial charge in [0.2, 0.25) is 0 Å². The van der Waals surface area contributed by atoms with Gasteiger partial charge in [-0.2, -0.15) is 0 Å². The molecular formula is C20H16BrN3O2. The number of anilines is 1. The molecule has 0 radical (unpaired) electrons. The molecule has 1 aromatic heterocycles. The summed E-state index contributed by atoms with van der Waals surface area (Å²) >= 11 is 3.37. The lowest BCUT2D eigenvalue weighted by atomic mass is 10.1. The molecule has 6 heteroatoms. The van der Waals surface area contributed by atoms with E-state index in [1.54, 1.807) is 36.7 Å². The fourth-order valence-corrected chi connectivity index (χ4v) is 2.85. The van der Waals surface area contributed by atoms with E-state index in [0.717, 1.165) is 10.0 Å². The van der Waals surface area contributed by atoms with Crippen LogP contribution in [0.5, 0.6) is 0 Å². The van der Waals surface area contributed by atoms with Crippen LogP contribution in [0.2, 0.25) is 0 Å². The molecule has 0 atom stereocenters. The summed E-state index contributed by atoms with van der Waals surface area (Å²) < 4.78 is 0.746. The molecule has 0 saturated heterocycles. The van der Waals surface area contributed by atoms with Crippen molar-refractivity contribution >= 4 is 33.4 Å². The number of amides is 2. The first-order valence-corrected chi connectivity index (χ1v) is 8.76. The Kier molecular flexibility index (Phi) is 5.76. The van der Waals surface area contributed by atoms with Crippen molar-refractivity contribution in [3.05, 3.63) is 94.2 Å². The number of nitrogens with one attached hydrogen (secondary N) is 2. The minimum Gasteiger partial charge on any atom is -0.348 e. The Balaban J connectivity index is 1.63. The maximum atomic E-state index is 12.3. The predicted molar refractivity (Wildman–Crippen MR) is 104 cm³/mol. The summed E-state index contributed by atoms with van der Waals surface area (Å²) in [6.07, 6.45) is 3.14. The van der Waals surface area contributed by atoms with Gasteiger partial charge in [0.05, 0.1) is 5.56 Å². The first kappa shape index (κ1) is 17.8. The molecular weight excluding hydrogens is 394 g/mol. The van der Waals surface area contributed by atoms with E-state index in [2.05, 4.69) is 31.5 Å². The average Bonchev–Trinajstić information content (AvgIpc) is 2.67. The molecule has 0 fully saturated rings. The summed E-state index contributed by atoms with van der Waals surface area (Å²) in [5, 5.41) is 5.72. The smallest absolute Gasteiger partial charge is 0.255 e. The van der Waals surface area contributed by atoms with Crippen molar-refractivity contribution in [1.82, 2.24) is 10.3 Å². The zero-order chi connectivity index (χ0) is 18.4. The van der Waals surface area contributed by atoms with Crippen LogP contribution in [-0.4, -0.2) is 16.8 Å². The Morgan fingerprint density at radius 1 is 0.923 bits per heavy atom. The van der Waals surface area contributed by atoms with Gasteiger partial charge in [0.1, 0.15) is 0 Å². The zero-order valence-corrected chi connectivity index (χ0v) is 15.4. The highest BCUT2D eigenvalue weighted by molar-refractivity contribution is 9.10. The summed E-state index contributed by atoms with van der Waals surface area (Å²) in [6.45, 7) is 0.360. The molecule has 2 amide bonds. The van der Waals surface area contributed by atoms with Crippen LogP contribution < -0.4 is 10.6 Å². The second-order valence-corrected chi connectivity index (χ2v) is 6.41. The molecule has 0 aliphatic heterocycles. The lowest BCUT2D eigenvalue weighted by molar-refractivity contribution is 0.0949. The molecule has 3 rings (SSSR count). The van der Waals surface area contributed by atoms with E-state index in [9.17, 15) is 9.59 Å². The highest BCUT2D eigenvalue weighted by Crippen LogP contribution is 2.16. The molecule has 0 bridgehead atoms. The number of halogens is 1. The van der Waals surface area contributed by atoms with Crippen LogP contribution in [0.1, 0.15) is 26.3 Å². The average molecular weight is 410 g/mol. The molecule has 0 aliphatic rings. The number of pyridine rings is 1. The van der Waals surface area contributed by atoms with Crippen LogP contribution >= 0.6 is 15.9 Å². The van der Waals surface area contributed by atoms with Gasteiger partial charge in [-0.3, -0.25) is 14.6 Å². The first-order chi connectivity index (χ1) is 12.6. The molecule has 2 N–H and O–H groups in total. The van der Waals surface area contributed by atoms with Crippen molar-refractivity contribution in [2.45, 2.75) is 6.54 Å². The van der Waals surface area contributed by atoms with Gasteiger partial charge in [0, 0.05) is 34.7 Å². The topological polar surface area (TPSA) is 71.1 Å². The standard InChI is InChI=1S/C20H16BrN3O2/c21-18-7-2-1-6-17(18)20(26)23-13-14-4-3-5-16(12-14)24-19(25)15-8-10-22-11-9-15/h1-12H,13H2,(H,23,26)(H,24,25). The third kappa shape index (κ3) is 4.55. The van der Waals surface area contributed by atoms with Crippen LogP contribution in [0.3, 0.4) is 0 Å². The van der Waals surface area contributed by atoms with Crippen LogP contribution in [0, 0.1) is 0 Å².